The minimum atomic E-state index is 0.0438. The first kappa shape index (κ1) is 21.6. The molecule has 0 atom stereocenters. The highest BCUT2D eigenvalue weighted by Crippen LogP contribution is 2.39. The maximum Gasteiger partial charge on any atom is 0.193 e. The number of carbonyl (C=O) groups excluding carboxylic acids is 1. The van der Waals surface area contributed by atoms with E-state index in [1.165, 1.54) is 11.1 Å². The van der Waals surface area contributed by atoms with Crippen molar-refractivity contribution in [3.05, 3.63) is 155 Å². The molecule has 1 nitrogen and oxygen atoms in total. The predicted octanol–water partition coefficient (Wildman–Crippen LogP) is 8.15. The van der Waals surface area contributed by atoms with Gasteiger partial charge in [-0.15, -0.1) is 0 Å². The molecule has 0 fully saturated rings. The van der Waals surface area contributed by atoms with Crippen molar-refractivity contribution in [3.8, 4) is 22.3 Å². The van der Waals surface area contributed by atoms with Gasteiger partial charge in [-0.3, -0.25) is 4.79 Å². The number of hydrogen-bond acceptors (Lipinski definition) is 1. The normalized spacial score (nSPS) is 10.7. The summed E-state index contributed by atoms with van der Waals surface area (Å²) >= 11 is 0. The number of aryl methyl sites for hydroxylation is 1. The standard InChI is InChI=1S/C33H26O/c1-24-17-19-28(20-18-24)33(34)30-22-21-29(23-25-11-5-2-6-12-25)31(26-13-7-3-8-14-26)32(30)27-15-9-4-10-16-27/h2-22H,23H2,1H3. The topological polar surface area (TPSA) is 17.1 Å². The largest absolute Gasteiger partial charge is 0.289 e. The molecular formula is C33H26O. The van der Waals surface area contributed by atoms with Crippen LogP contribution in [0.4, 0.5) is 0 Å². The molecule has 0 aliphatic rings. The van der Waals surface area contributed by atoms with Crippen LogP contribution in [0.3, 0.4) is 0 Å². The third-order valence-corrected chi connectivity index (χ3v) is 6.21. The van der Waals surface area contributed by atoms with Gasteiger partial charge in [0.15, 0.2) is 5.78 Å². The highest BCUT2D eigenvalue weighted by molar-refractivity contribution is 6.15. The van der Waals surface area contributed by atoms with E-state index >= 15 is 0 Å². The molecule has 1 heteroatoms. The van der Waals surface area contributed by atoms with Gasteiger partial charge in [0.2, 0.25) is 0 Å². The fourth-order valence-electron chi connectivity index (χ4n) is 4.50. The highest BCUT2D eigenvalue weighted by atomic mass is 16.1. The molecule has 0 spiro atoms. The highest BCUT2D eigenvalue weighted by Gasteiger charge is 2.22. The first-order valence-corrected chi connectivity index (χ1v) is 11.6. The van der Waals surface area contributed by atoms with Crippen LogP contribution in [-0.2, 0) is 6.42 Å². The fourth-order valence-corrected chi connectivity index (χ4v) is 4.50. The molecule has 34 heavy (non-hydrogen) atoms. The second-order valence-corrected chi connectivity index (χ2v) is 8.61. The summed E-state index contributed by atoms with van der Waals surface area (Å²) in [5, 5.41) is 0. The zero-order valence-corrected chi connectivity index (χ0v) is 19.2. The summed E-state index contributed by atoms with van der Waals surface area (Å²) in [4.78, 5) is 13.8. The van der Waals surface area contributed by atoms with E-state index in [0.29, 0.717) is 5.56 Å². The SMILES string of the molecule is Cc1ccc(C(=O)c2ccc(Cc3ccccc3)c(-c3ccccc3)c2-c2ccccc2)cc1. The second-order valence-electron chi connectivity index (χ2n) is 8.61. The van der Waals surface area contributed by atoms with Gasteiger partial charge in [0, 0.05) is 16.7 Å². The van der Waals surface area contributed by atoms with Crippen molar-refractivity contribution in [3.63, 3.8) is 0 Å². The molecule has 0 unspecified atom stereocenters. The first-order valence-electron chi connectivity index (χ1n) is 11.6. The van der Waals surface area contributed by atoms with Crippen molar-refractivity contribution in [2.24, 2.45) is 0 Å². The Hall–Kier alpha value is -4.23. The molecule has 0 saturated carbocycles. The van der Waals surface area contributed by atoms with Crippen molar-refractivity contribution >= 4 is 5.78 Å². The van der Waals surface area contributed by atoms with E-state index in [9.17, 15) is 4.79 Å². The molecule has 164 valence electrons. The molecule has 0 amide bonds. The van der Waals surface area contributed by atoms with E-state index in [1.807, 2.05) is 67.6 Å². The zero-order chi connectivity index (χ0) is 23.3. The van der Waals surface area contributed by atoms with Crippen molar-refractivity contribution in [1.29, 1.82) is 0 Å². The Kier molecular flexibility index (Phi) is 6.18. The quantitative estimate of drug-likeness (QED) is 0.244. The second kappa shape index (κ2) is 9.72. The van der Waals surface area contributed by atoms with Gasteiger partial charge in [0.05, 0.1) is 0 Å². The van der Waals surface area contributed by atoms with E-state index in [-0.39, 0.29) is 5.78 Å². The summed E-state index contributed by atoms with van der Waals surface area (Å²) in [5.41, 5.74) is 9.30. The van der Waals surface area contributed by atoms with Gasteiger partial charge in [-0.2, -0.15) is 0 Å². The lowest BCUT2D eigenvalue weighted by molar-refractivity contribution is 0.103. The van der Waals surface area contributed by atoms with Crippen molar-refractivity contribution in [2.45, 2.75) is 13.3 Å². The molecule has 5 aromatic rings. The van der Waals surface area contributed by atoms with Gasteiger partial charge in [-0.1, -0.05) is 133 Å². The minimum absolute atomic E-state index is 0.0438. The molecule has 0 saturated heterocycles. The number of ketones is 1. The van der Waals surface area contributed by atoms with Crippen LogP contribution in [0, 0.1) is 6.92 Å². The van der Waals surface area contributed by atoms with Crippen LogP contribution in [-0.4, -0.2) is 5.78 Å². The summed E-state index contributed by atoms with van der Waals surface area (Å²) in [6.45, 7) is 2.04. The number of benzene rings is 5. The molecule has 0 N–H and O–H groups in total. The van der Waals surface area contributed by atoms with Gasteiger partial charge in [0.25, 0.3) is 0 Å². The van der Waals surface area contributed by atoms with E-state index in [1.54, 1.807) is 0 Å². The lowest BCUT2D eigenvalue weighted by Gasteiger charge is -2.20. The Morgan fingerprint density at radius 3 is 1.68 bits per heavy atom. The third-order valence-electron chi connectivity index (χ3n) is 6.21. The molecule has 5 aromatic carbocycles. The lowest BCUT2D eigenvalue weighted by atomic mass is 9.83. The van der Waals surface area contributed by atoms with Gasteiger partial charge in [-0.05, 0) is 41.2 Å². The maximum absolute atomic E-state index is 13.8. The Labute approximate surface area is 201 Å². The number of carbonyl (C=O) groups is 1. The molecular weight excluding hydrogens is 412 g/mol. The number of hydrogen-bond donors (Lipinski definition) is 0. The van der Waals surface area contributed by atoms with Crippen LogP contribution in [0.5, 0.6) is 0 Å². The minimum Gasteiger partial charge on any atom is -0.289 e. The van der Waals surface area contributed by atoms with Crippen molar-refractivity contribution in [2.75, 3.05) is 0 Å². The Morgan fingerprint density at radius 1 is 0.559 bits per heavy atom. The molecule has 5 rings (SSSR count). The van der Waals surface area contributed by atoms with Gasteiger partial charge in [0.1, 0.15) is 0 Å². The Bertz CT molecular complexity index is 1400. The summed E-state index contributed by atoms with van der Waals surface area (Å²) in [6, 6.07) is 43.2. The Balaban J connectivity index is 1.77. The van der Waals surface area contributed by atoms with Crippen molar-refractivity contribution in [1.82, 2.24) is 0 Å². The van der Waals surface area contributed by atoms with Gasteiger partial charge < -0.3 is 0 Å². The molecule has 0 aliphatic carbocycles. The average Bonchev–Trinajstić information content (AvgIpc) is 2.90. The van der Waals surface area contributed by atoms with Crippen LogP contribution in [0.1, 0.15) is 32.6 Å². The average molecular weight is 439 g/mol. The van der Waals surface area contributed by atoms with Crippen LogP contribution >= 0.6 is 0 Å². The molecule has 0 bridgehead atoms. The van der Waals surface area contributed by atoms with Crippen LogP contribution in [0.25, 0.3) is 22.3 Å². The predicted molar refractivity (Wildman–Crippen MR) is 141 cm³/mol. The summed E-state index contributed by atoms with van der Waals surface area (Å²) in [5.74, 6) is 0.0438. The van der Waals surface area contributed by atoms with Gasteiger partial charge in [-0.25, -0.2) is 0 Å². The van der Waals surface area contributed by atoms with E-state index in [2.05, 4.69) is 66.7 Å². The van der Waals surface area contributed by atoms with Crippen molar-refractivity contribution < 1.29 is 4.79 Å². The Morgan fingerprint density at radius 2 is 1.09 bits per heavy atom. The van der Waals surface area contributed by atoms with Crippen LogP contribution in [0.2, 0.25) is 0 Å². The summed E-state index contributed by atoms with van der Waals surface area (Å²) in [7, 11) is 0. The van der Waals surface area contributed by atoms with E-state index in [4.69, 9.17) is 0 Å². The third kappa shape index (κ3) is 4.46. The monoisotopic (exact) mass is 438 g/mol. The maximum atomic E-state index is 13.8. The van der Waals surface area contributed by atoms with Crippen LogP contribution in [0.15, 0.2) is 127 Å². The first-order chi connectivity index (χ1) is 16.7. The van der Waals surface area contributed by atoms with E-state index < -0.39 is 0 Å². The lowest BCUT2D eigenvalue weighted by Crippen LogP contribution is -2.07. The van der Waals surface area contributed by atoms with E-state index in [0.717, 1.165) is 39.8 Å². The number of rotatable bonds is 6. The smallest absolute Gasteiger partial charge is 0.193 e. The molecule has 0 aromatic heterocycles. The van der Waals surface area contributed by atoms with Crippen LogP contribution < -0.4 is 0 Å². The molecule has 0 aliphatic heterocycles. The molecule has 0 radical (unpaired) electrons. The summed E-state index contributed by atoms with van der Waals surface area (Å²) in [6.07, 6.45) is 0.796. The fraction of sp³-hybridized carbons (Fsp3) is 0.0606. The summed E-state index contributed by atoms with van der Waals surface area (Å²) < 4.78 is 0. The zero-order valence-electron chi connectivity index (χ0n) is 19.2. The van der Waals surface area contributed by atoms with Gasteiger partial charge >= 0.3 is 0 Å². The molecule has 0 heterocycles.